The lowest BCUT2D eigenvalue weighted by molar-refractivity contribution is 0.0688. The van der Waals surface area contributed by atoms with E-state index in [1.807, 2.05) is 43.3 Å². The second-order valence-electron chi connectivity index (χ2n) is 6.62. The number of rotatable bonds is 3. The minimum Gasteiger partial charge on any atom is -0.338 e. The Hall–Kier alpha value is -2.43. The molecule has 0 saturated carbocycles. The molecule has 3 rings (SSSR count). The number of nitrogens with one attached hydrogen (secondary N) is 1. The Balaban J connectivity index is 1.63. The second kappa shape index (κ2) is 6.99. The van der Waals surface area contributed by atoms with Crippen LogP contribution in [0.25, 0.3) is 0 Å². The van der Waals surface area contributed by atoms with Crippen molar-refractivity contribution in [3.05, 3.63) is 63.3 Å². The first kappa shape index (κ1) is 16.4. The molecular formula is C19H23N3O2. The molecule has 2 aromatic heterocycles. The van der Waals surface area contributed by atoms with Crippen molar-refractivity contribution < 1.29 is 4.79 Å². The molecule has 0 atom stereocenters. The van der Waals surface area contributed by atoms with E-state index in [2.05, 4.69) is 9.97 Å². The van der Waals surface area contributed by atoms with Crippen LogP contribution < -0.4 is 5.56 Å². The van der Waals surface area contributed by atoms with Gasteiger partial charge < -0.3 is 9.88 Å². The third-order valence-electron chi connectivity index (χ3n) is 4.90. The standard InChI is InChI=1S/C19H23N3O2/c1-13-11-17(18(23)21-14(13)2)19(24)22-9-5-16(6-10-22)12-15-3-7-20-8-4-15/h3-4,7-8,11,16H,5-6,9-10,12H2,1-2H3,(H,21,23). The average molecular weight is 325 g/mol. The van der Waals surface area contributed by atoms with Gasteiger partial charge in [0.1, 0.15) is 5.56 Å². The van der Waals surface area contributed by atoms with Gasteiger partial charge in [-0.15, -0.1) is 0 Å². The number of aromatic amines is 1. The van der Waals surface area contributed by atoms with Crippen molar-refractivity contribution in [2.24, 2.45) is 5.92 Å². The number of pyridine rings is 2. The second-order valence-corrected chi connectivity index (χ2v) is 6.62. The van der Waals surface area contributed by atoms with E-state index in [1.54, 1.807) is 6.07 Å². The first-order valence-electron chi connectivity index (χ1n) is 8.43. The third kappa shape index (κ3) is 3.55. The molecule has 1 saturated heterocycles. The molecule has 0 aromatic carbocycles. The normalized spacial score (nSPS) is 15.5. The highest BCUT2D eigenvalue weighted by atomic mass is 16.2. The summed E-state index contributed by atoms with van der Waals surface area (Å²) in [5, 5.41) is 0. The molecule has 1 aliphatic rings. The Morgan fingerprint density at radius 2 is 1.92 bits per heavy atom. The topological polar surface area (TPSA) is 66.1 Å². The Morgan fingerprint density at radius 1 is 1.25 bits per heavy atom. The average Bonchev–Trinajstić information content (AvgIpc) is 2.59. The number of carbonyl (C=O) groups excluding carboxylic acids is 1. The molecule has 1 amide bonds. The summed E-state index contributed by atoms with van der Waals surface area (Å²) in [6.45, 7) is 5.17. The Bertz CT molecular complexity index is 775. The molecule has 5 nitrogen and oxygen atoms in total. The number of likely N-dealkylation sites (tertiary alicyclic amines) is 1. The molecule has 0 radical (unpaired) electrons. The van der Waals surface area contributed by atoms with Gasteiger partial charge in [0.15, 0.2) is 0 Å². The van der Waals surface area contributed by atoms with E-state index in [-0.39, 0.29) is 17.0 Å². The first-order valence-corrected chi connectivity index (χ1v) is 8.43. The molecule has 0 bridgehead atoms. The molecule has 1 fully saturated rings. The number of H-pyrrole nitrogens is 1. The quantitative estimate of drug-likeness (QED) is 0.943. The highest BCUT2D eigenvalue weighted by molar-refractivity contribution is 5.94. The lowest BCUT2D eigenvalue weighted by atomic mass is 9.90. The highest BCUT2D eigenvalue weighted by Gasteiger charge is 2.25. The summed E-state index contributed by atoms with van der Waals surface area (Å²) in [6.07, 6.45) is 6.60. The Kier molecular flexibility index (Phi) is 4.79. The van der Waals surface area contributed by atoms with E-state index >= 15 is 0 Å². The van der Waals surface area contributed by atoms with Gasteiger partial charge in [0.25, 0.3) is 11.5 Å². The van der Waals surface area contributed by atoms with Gasteiger partial charge in [-0.2, -0.15) is 0 Å². The summed E-state index contributed by atoms with van der Waals surface area (Å²) in [4.78, 5) is 33.3. The van der Waals surface area contributed by atoms with Crippen molar-refractivity contribution in [1.82, 2.24) is 14.9 Å². The number of carbonyl (C=O) groups is 1. The fraction of sp³-hybridized carbons (Fsp3) is 0.421. The zero-order chi connectivity index (χ0) is 17.1. The maximum Gasteiger partial charge on any atom is 0.261 e. The van der Waals surface area contributed by atoms with Crippen LogP contribution in [-0.4, -0.2) is 33.9 Å². The molecule has 0 spiro atoms. The van der Waals surface area contributed by atoms with Crippen molar-refractivity contribution in [3.8, 4) is 0 Å². The van der Waals surface area contributed by atoms with Gasteiger partial charge in [-0.3, -0.25) is 14.6 Å². The van der Waals surface area contributed by atoms with E-state index in [4.69, 9.17) is 0 Å². The third-order valence-corrected chi connectivity index (χ3v) is 4.90. The maximum atomic E-state index is 12.6. The number of aryl methyl sites for hydroxylation is 2. The summed E-state index contributed by atoms with van der Waals surface area (Å²) in [5.74, 6) is 0.427. The summed E-state index contributed by atoms with van der Waals surface area (Å²) >= 11 is 0. The van der Waals surface area contributed by atoms with Crippen LogP contribution in [-0.2, 0) is 6.42 Å². The van der Waals surface area contributed by atoms with Crippen molar-refractivity contribution in [1.29, 1.82) is 0 Å². The van der Waals surface area contributed by atoms with Gasteiger partial charge in [0, 0.05) is 31.2 Å². The van der Waals surface area contributed by atoms with Crippen molar-refractivity contribution in [2.45, 2.75) is 33.1 Å². The van der Waals surface area contributed by atoms with Crippen LogP contribution in [0, 0.1) is 19.8 Å². The predicted octanol–water partition coefficient (Wildman–Crippen LogP) is 2.48. The van der Waals surface area contributed by atoms with Crippen LogP contribution >= 0.6 is 0 Å². The number of hydrogen-bond donors (Lipinski definition) is 1. The zero-order valence-corrected chi connectivity index (χ0v) is 14.2. The highest BCUT2D eigenvalue weighted by Crippen LogP contribution is 2.22. The van der Waals surface area contributed by atoms with E-state index in [1.165, 1.54) is 5.56 Å². The van der Waals surface area contributed by atoms with E-state index in [0.29, 0.717) is 19.0 Å². The number of nitrogens with zero attached hydrogens (tertiary/aromatic N) is 2. The number of hydrogen-bond acceptors (Lipinski definition) is 3. The fourth-order valence-electron chi connectivity index (χ4n) is 3.25. The molecule has 3 heterocycles. The zero-order valence-electron chi connectivity index (χ0n) is 14.2. The van der Waals surface area contributed by atoms with Crippen LogP contribution in [0.2, 0.25) is 0 Å². The van der Waals surface area contributed by atoms with Gasteiger partial charge in [0.05, 0.1) is 0 Å². The van der Waals surface area contributed by atoms with E-state index in [0.717, 1.165) is 30.5 Å². The molecule has 1 N–H and O–H groups in total. The molecule has 1 aliphatic heterocycles. The van der Waals surface area contributed by atoms with Crippen LogP contribution in [0.5, 0.6) is 0 Å². The number of amides is 1. The van der Waals surface area contributed by atoms with Crippen LogP contribution in [0.15, 0.2) is 35.4 Å². The van der Waals surface area contributed by atoms with E-state index in [9.17, 15) is 9.59 Å². The molecule has 0 unspecified atom stereocenters. The molecule has 24 heavy (non-hydrogen) atoms. The lowest BCUT2D eigenvalue weighted by Gasteiger charge is -2.32. The minimum absolute atomic E-state index is 0.151. The van der Waals surface area contributed by atoms with Gasteiger partial charge in [0.2, 0.25) is 0 Å². The first-order chi connectivity index (χ1) is 11.5. The summed E-state index contributed by atoms with van der Waals surface area (Å²) < 4.78 is 0. The molecule has 5 heteroatoms. The van der Waals surface area contributed by atoms with Gasteiger partial charge in [-0.1, -0.05) is 0 Å². The summed E-state index contributed by atoms with van der Waals surface area (Å²) in [7, 11) is 0. The molecule has 2 aromatic rings. The lowest BCUT2D eigenvalue weighted by Crippen LogP contribution is -2.41. The van der Waals surface area contributed by atoms with Crippen LogP contribution in [0.1, 0.15) is 40.0 Å². The van der Waals surface area contributed by atoms with Crippen molar-refractivity contribution >= 4 is 5.91 Å². The SMILES string of the molecule is Cc1cc(C(=O)N2CCC(Cc3ccncc3)CC2)c(=O)[nH]c1C. The van der Waals surface area contributed by atoms with E-state index < -0.39 is 0 Å². The predicted molar refractivity (Wildman–Crippen MR) is 93.1 cm³/mol. The maximum absolute atomic E-state index is 12.6. The van der Waals surface area contributed by atoms with Gasteiger partial charge >= 0.3 is 0 Å². The summed E-state index contributed by atoms with van der Waals surface area (Å²) in [5.41, 5.74) is 3.01. The van der Waals surface area contributed by atoms with Crippen molar-refractivity contribution in [2.75, 3.05) is 13.1 Å². The minimum atomic E-state index is -0.290. The Morgan fingerprint density at radius 3 is 2.58 bits per heavy atom. The monoisotopic (exact) mass is 325 g/mol. The van der Waals surface area contributed by atoms with Gasteiger partial charge in [-0.25, -0.2) is 0 Å². The smallest absolute Gasteiger partial charge is 0.261 e. The largest absolute Gasteiger partial charge is 0.338 e. The fourth-order valence-corrected chi connectivity index (χ4v) is 3.25. The van der Waals surface area contributed by atoms with Crippen LogP contribution in [0.4, 0.5) is 0 Å². The summed E-state index contributed by atoms with van der Waals surface area (Å²) in [6, 6.07) is 5.80. The van der Waals surface area contributed by atoms with Crippen LogP contribution in [0.3, 0.4) is 0 Å². The molecular weight excluding hydrogens is 302 g/mol. The molecule has 0 aliphatic carbocycles. The molecule has 126 valence electrons. The van der Waals surface area contributed by atoms with Gasteiger partial charge in [-0.05, 0) is 68.4 Å². The number of piperidine rings is 1. The Labute approximate surface area is 141 Å². The number of aromatic nitrogens is 2. The van der Waals surface area contributed by atoms with Crippen molar-refractivity contribution in [3.63, 3.8) is 0 Å².